The molecule has 220 valence electrons. The molecule has 1 fully saturated rings. The minimum absolute atomic E-state index is 0. The van der Waals surface area contributed by atoms with E-state index in [1.807, 2.05) is 6.92 Å². The van der Waals surface area contributed by atoms with Crippen LogP contribution in [0.4, 0.5) is 0 Å². The lowest BCUT2D eigenvalue weighted by molar-refractivity contribution is -0.188. The lowest BCUT2D eigenvalue weighted by Gasteiger charge is -2.40. The molecule has 5 N–H and O–H groups in total. The monoisotopic (exact) mass is 534 g/mol. The number of ether oxygens (including phenoxy) is 3. The summed E-state index contributed by atoms with van der Waals surface area (Å²) < 4.78 is 16.7. The Morgan fingerprint density at radius 2 is 1.27 bits per heavy atom. The third-order valence-corrected chi connectivity index (χ3v) is 7.21. The molecule has 1 rings (SSSR count). The first-order chi connectivity index (χ1) is 17.2. The molecule has 0 aromatic rings. The number of carbonyl (C=O) groups excluding carboxylic acids is 2. The van der Waals surface area contributed by atoms with E-state index in [4.69, 9.17) is 14.2 Å². The van der Waals surface area contributed by atoms with Crippen LogP contribution in [0.2, 0.25) is 0 Å². The van der Waals surface area contributed by atoms with Gasteiger partial charge in [0.25, 0.3) is 0 Å². The van der Waals surface area contributed by atoms with Crippen molar-refractivity contribution in [2.24, 2.45) is 5.92 Å². The first-order valence-electron chi connectivity index (χ1n) is 14.2. The molecule has 0 amide bonds. The van der Waals surface area contributed by atoms with Crippen molar-refractivity contribution in [3.05, 3.63) is 0 Å². The summed E-state index contributed by atoms with van der Waals surface area (Å²) in [5.41, 5.74) is 0. The molecule has 1 aliphatic rings. The number of rotatable bonds is 19. The molecule has 7 atom stereocenters. The number of unbranched alkanes of at least 4 members (excludes halogenated alkanes) is 8. The molecule has 0 saturated heterocycles. The Hall–Kier alpha value is -1.26. The zero-order chi connectivity index (χ0) is 26.9. The molecule has 37 heavy (non-hydrogen) atoms. The second-order valence-electron chi connectivity index (χ2n) is 10.5. The summed E-state index contributed by atoms with van der Waals surface area (Å²) in [6, 6.07) is 0. The molecule has 9 nitrogen and oxygen atoms in total. The van der Waals surface area contributed by atoms with E-state index < -0.39 is 48.6 Å². The molecular formula is C28H54O9. The van der Waals surface area contributed by atoms with Gasteiger partial charge in [-0.15, -0.1) is 0 Å². The van der Waals surface area contributed by atoms with E-state index in [0.29, 0.717) is 19.3 Å². The van der Waals surface area contributed by atoms with Gasteiger partial charge in [0.15, 0.2) is 0 Å². The Morgan fingerprint density at radius 1 is 0.757 bits per heavy atom. The van der Waals surface area contributed by atoms with E-state index >= 15 is 0 Å². The summed E-state index contributed by atoms with van der Waals surface area (Å²) >= 11 is 0. The molecule has 0 radical (unpaired) electrons. The molecule has 0 bridgehead atoms. The largest absolute Gasteiger partial charge is 0.469 e. The van der Waals surface area contributed by atoms with Crippen molar-refractivity contribution >= 4 is 11.9 Å². The summed E-state index contributed by atoms with van der Waals surface area (Å²) in [7, 11) is 1.33. The van der Waals surface area contributed by atoms with Crippen LogP contribution in [-0.4, -0.2) is 76.5 Å². The normalized spacial score (nSPS) is 25.1. The zero-order valence-electron chi connectivity index (χ0n) is 23.5. The summed E-state index contributed by atoms with van der Waals surface area (Å²) in [5, 5.41) is 30.8. The van der Waals surface area contributed by atoms with Crippen LogP contribution in [0.1, 0.15) is 117 Å². The first kappa shape index (κ1) is 35.7. The Bertz CT molecular complexity index is 600. The van der Waals surface area contributed by atoms with E-state index in [1.165, 1.54) is 7.11 Å². The molecule has 0 aromatic carbocycles. The van der Waals surface area contributed by atoms with Crippen molar-refractivity contribution in [2.45, 2.75) is 154 Å². The predicted molar refractivity (Wildman–Crippen MR) is 142 cm³/mol. The van der Waals surface area contributed by atoms with Crippen LogP contribution in [0.15, 0.2) is 0 Å². The lowest BCUT2D eigenvalue weighted by atomic mass is 9.82. The maximum Gasteiger partial charge on any atom is 0.309 e. The molecule has 1 aliphatic carbocycles. The molecule has 7 unspecified atom stereocenters. The van der Waals surface area contributed by atoms with Gasteiger partial charge in [-0.3, -0.25) is 9.59 Å². The number of hydrogen-bond donors (Lipinski definition) is 3. The second-order valence-corrected chi connectivity index (χ2v) is 10.5. The highest BCUT2D eigenvalue weighted by Gasteiger charge is 2.42. The van der Waals surface area contributed by atoms with Gasteiger partial charge in [0, 0.05) is 0 Å². The van der Waals surface area contributed by atoms with E-state index in [-0.39, 0.29) is 24.2 Å². The highest BCUT2D eigenvalue weighted by Crippen LogP contribution is 2.30. The fourth-order valence-corrected chi connectivity index (χ4v) is 4.85. The third kappa shape index (κ3) is 14.5. The zero-order valence-corrected chi connectivity index (χ0v) is 23.5. The quantitative estimate of drug-likeness (QED) is 0.168. The Kier molecular flexibility index (Phi) is 20.0. The molecule has 1 saturated carbocycles. The SMILES string of the molecule is CCCCCCCC(CC(=O)OC)OC(=O)CC(CCCCCCC)OC1CC(C)C(O)C(O)C1O.O. The Morgan fingerprint density at radius 3 is 1.81 bits per heavy atom. The van der Waals surface area contributed by atoms with Crippen molar-refractivity contribution in [1.82, 2.24) is 0 Å². The van der Waals surface area contributed by atoms with Crippen LogP contribution in [0.25, 0.3) is 0 Å². The number of aliphatic hydroxyl groups excluding tert-OH is 3. The van der Waals surface area contributed by atoms with Crippen LogP contribution < -0.4 is 0 Å². The molecule has 9 heteroatoms. The summed E-state index contributed by atoms with van der Waals surface area (Å²) in [6.07, 6.45) is 7.12. The molecular weight excluding hydrogens is 480 g/mol. The van der Waals surface area contributed by atoms with Crippen molar-refractivity contribution in [2.75, 3.05) is 7.11 Å². The van der Waals surface area contributed by atoms with Gasteiger partial charge in [-0.05, 0) is 31.6 Å². The number of esters is 2. The molecule has 0 spiro atoms. The smallest absolute Gasteiger partial charge is 0.309 e. The average molecular weight is 535 g/mol. The first-order valence-corrected chi connectivity index (χ1v) is 14.2. The van der Waals surface area contributed by atoms with E-state index in [1.54, 1.807) is 0 Å². The van der Waals surface area contributed by atoms with Crippen LogP contribution >= 0.6 is 0 Å². The number of methoxy groups -OCH3 is 1. The van der Waals surface area contributed by atoms with Crippen molar-refractivity contribution in [1.29, 1.82) is 0 Å². The van der Waals surface area contributed by atoms with Gasteiger partial charge >= 0.3 is 11.9 Å². The minimum atomic E-state index is -1.28. The van der Waals surface area contributed by atoms with Crippen LogP contribution in [0.3, 0.4) is 0 Å². The number of carbonyl (C=O) groups is 2. The maximum absolute atomic E-state index is 12.9. The average Bonchev–Trinajstić information content (AvgIpc) is 2.85. The Balaban J connectivity index is 0.0000130. The van der Waals surface area contributed by atoms with Gasteiger partial charge in [-0.25, -0.2) is 0 Å². The second kappa shape index (κ2) is 20.7. The van der Waals surface area contributed by atoms with E-state index in [2.05, 4.69) is 13.8 Å². The van der Waals surface area contributed by atoms with Gasteiger partial charge in [-0.2, -0.15) is 0 Å². The van der Waals surface area contributed by atoms with E-state index in [9.17, 15) is 24.9 Å². The van der Waals surface area contributed by atoms with Gasteiger partial charge in [0.2, 0.25) is 0 Å². The van der Waals surface area contributed by atoms with Crippen LogP contribution in [0.5, 0.6) is 0 Å². The van der Waals surface area contributed by atoms with Crippen molar-refractivity contribution < 1.29 is 44.6 Å². The van der Waals surface area contributed by atoms with Crippen molar-refractivity contribution in [3.63, 3.8) is 0 Å². The summed E-state index contributed by atoms with van der Waals surface area (Å²) in [4.78, 5) is 24.8. The van der Waals surface area contributed by atoms with Crippen LogP contribution in [-0.2, 0) is 23.8 Å². The summed E-state index contributed by atoms with van der Waals surface area (Å²) in [5.74, 6) is -1.07. The number of hydrogen-bond acceptors (Lipinski definition) is 8. The van der Waals surface area contributed by atoms with E-state index in [0.717, 1.165) is 64.2 Å². The lowest BCUT2D eigenvalue weighted by Crippen LogP contribution is -2.54. The fourth-order valence-electron chi connectivity index (χ4n) is 4.85. The molecule has 0 heterocycles. The summed E-state index contributed by atoms with van der Waals surface area (Å²) in [6.45, 7) is 6.11. The maximum atomic E-state index is 12.9. The fraction of sp³-hybridized carbons (Fsp3) is 0.929. The van der Waals surface area contributed by atoms with Gasteiger partial charge in [0.1, 0.15) is 18.3 Å². The van der Waals surface area contributed by atoms with Gasteiger partial charge < -0.3 is 35.0 Å². The third-order valence-electron chi connectivity index (χ3n) is 7.21. The minimum Gasteiger partial charge on any atom is -0.469 e. The number of aliphatic hydroxyl groups is 3. The standard InChI is InChI=1S/C28H52O8.H2O/c1-5-7-9-11-13-15-21(35-23-17-20(3)26(31)28(33)27(23)32)19-25(30)36-22(18-24(29)34-4)16-14-12-10-8-6-2;/h20-23,26-28,31-33H,5-19H2,1-4H3;1H2. The molecule has 0 aliphatic heterocycles. The Labute approximate surface area is 223 Å². The topological polar surface area (TPSA) is 154 Å². The van der Waals surface area contributed by atoms with Crippen molar-refractivity contribution in [3.8, 4) is 0 Å². The molecule has 0 aromatic heterocycles. The predicted octanol–water partition coefficient (Wildman–Crippen LogP) is 3.62. The highest BCUT2D eigenvalue weighted by molar-refractivity contribution is 5.72. The van der Waals surface area contributed by atoms with Gasteiger partial charge in [0.05, 0.1) is 38.3 Å². The van der Waals surface area contributed by atoms with Gasteiger partial charge in [-0.1, -0.05) is 78.6 Å². The van der Waals surface area contributed by atoms with Crippen LogP contribution in [0, 0.1) is 5.92 Å². The highest BCUT2D eigenvalue weighted by atomic mass is 16.6.